The van der Waals surface area contributed by atoms with Gasteiger partial charge in [0.25, 0.3) is 11.8 Å². The molecule has 0 aliphatic carbocycles. The molecule has 16 heteroatoms. The van der Waals surface area contributed by atoms with Crippen molar-refractivity contribution < 1.29 is 19.2 Å². The van der Waals surface area contributed by atoms with Crippen molar-refractivity contribution in [3.05, 3.63) is 82.3 Å². The minimum atomic E-state index is -0.629. The molecule has 2 atom stereocenters. The van der Waals surface area contributed by atoms with E-state index in [1.54, 1.807) is 22.2 Å². The number of anilines is 2. The lowest BCUT2D eigenvalue weighted by molar-refractivity contribution is -0.136. The molecule has 0 spiro atoms. The average Bonchev–Trinajstić information content (AvgIpc) is 4.09. The maximum absolute atomic E-state index is 14.1. The number of rotatable bonds is 10. The van der Waals surface area contributed by atoms with Crippen LogP contribution in [0.15, 0.2) is 48.8 Å². The summed E-state index contributed by atoms with van der Waals surface area (Å²) in [6.45, 7) is 12.7. The van der Waals surface area contributed by atoms with Gasteiger partial charge < -0.3 is 14.4 Å². The Balaban J connectivity index is 0.778. The van der Waals surface area contributed by atoms with E-state index in [4.69, 9.17) is 9.97 Å². The van der Waals surface area contributed by atoms with Gasteiger partial charge in [0.2, 0.25) is 11.8 Å². The van der Waals surface area contributed by atoms with E-state index in [2.05, 4.69) is 72.8 Å². The second-order valence-electron chi connectivity index (χ2n) is 17.0. The molecule has 1 aromatic carbocycles. The molecule has 0 saturated carbocycles. The summed E-state index contributed by atoms with van der Waals surface area (Å²) < 4.78 is 1.93. The van der Waals surface area contributed by atoms with E-state index in [-0.39, 0.29) is 24.1 Å². The maximum atomic E-state index is 14.1. The minimum Gasteiger partial charge on any atom is -0.354 e. The summed E-state index contributed by atoms with van der Waals surface area (Å²) >= 11 is 0. The molecule has 2 unspecified atom stereocenters. The van der Waals surface area contributed by atoms with Crippen molar-refractivity contribution in [1.29, 1.82) is 0 Å². The Kier molecular flexibility index (Phi) is 12.0. The van der Waals surface area contributed by atoms with Gasteiger partial charge in [0.1, 0.15) is 29.7 Å². The highest BCUT2D eigenvalue weighted by Gasteiger charge is 2.39. The molecule has 8 heterocycles. The maximum Gasteiger partial charge on any atom is 0.260 e. The summed E-state index contributed by atoms with van der Waals surface area (Å²) in [5.74, 6) is 14.5. The number of aryl methyl sites for hydroxylation is 1. The standard InChI is InChI=1S/C47H52N12O4/c1-4-56-31-48-52-44(56)38-12-7-13-41(49-38)59-29-37-36(47(59)63)27-42(57-21-8-10-32(57)2)50-39(37)30-53(3)18-5-6-19-54-22-24-55(25-23-54)20-9-11-33-14-15-35-34(26-33)28-58(46(35)62)40-16-17-43(60)51-45(40)61/h7,12-15,26-27,31-32,40H,4,8,10,16-25,28-30H2,1-3H3,(H,51,60,61). The molecular weight excluding hydrogens is 797 g/mol. The molecular formula is C47H52N12O4. The van der Waals surface area contributed by atoms with Crippen molar-refractivity contribution in [2.45, 2.75) is 77.8 Å². The molecule has 4 aromatic rings. The van der Waals surface area contributed by atoms with Crippen molar-refractivity contribution in [2.75, 3.05) is 69.2 Å². The number of carbonyl (C=O) groups excluding carboxylic acids is 4. The van der Waals surface area contributed by atoms with Gasteiger partial charge in [-0.25, -0.2) is 9.97 Å². The fraction of sp³-hybridized carbons (Fsp3) is 0.447. The molecule has 324 valence electrons. The van der Waals surface area contributed by atoms with Gasteiger partial charge in [0, 0.05) is 81.5 Å². The van der Waals surface area contributed by atoms with Crippen LogP contribution in [0, 0.1) is 23.7 Å². The van der Waals surface area contributed by atoms with Gasteiger partial charge >= 0.3 is 0 Å². The number of nitrogens with zero attached hydrogens (tertiary/aromatic N) is 11. The fourth-order valence-electron chi connectivity index (χ4n) is 9.15. The van der Waals surface area contributed by atoms with Gasteiger partial charge in [-0.2, -0.15) is 0 Å². The van der Waals surface area contributed by atoms with E-state index in [0.717, 1.165) is 73.8 Å². The first kappa shape index (κ1) is 41.9. The van der Waals surface area contributed by atoms with Gasteiger partial charge in [0.05, 0.1) is 37.4 Å². The molecule has 1 N–H and O–H groups in total. The van der Waals surface area contributed by atoms with Crippen molar-refractivity contribution in [3.8, 4) is 35.2 Å². The van der Waals surface area contributed by atoms with E-state index in [9.17, 15) is 19.2 Å². The Bertz CT molecular complexity index is 2580. The third-order valence-electron chi connectivity index (χ3n) is 12.8. The number of hydrogen-bond acceptors (Lipinski definition) is 12. The predicted octanol–water partition coefficient (Wildman–Crippen LogP) is 2.77. The van der Waals surface area contributed by atoms with E-state index in [1.807, 2.05) is 47.9 Å². The van der Waals surface area contributed by atoms with Crippen LogP contribution in [0.1, 0.15) is 82.6 Å². The van der Waals surface area contributed by atoms with Gasteiger partial charge in [-0.05, 0) is 82.1 Å². The Morgan fingerprint density at radius 2 is 1.65 bits per heavy atom. The highest BCUT2D eigenvalue weighted by molar-refractivity contribution is 6.10. The van der Waals surface area contributed by atoms with Gasteiger partial charge in [0.15, 0.2) is 5.82 Å². The Hall–Kier alpha value is -6.46. The van der Waals surface area contributed by atoms with Crippen molar-refractivity contribution in [1.82, 2.24) is 49.6 Å². The molecule has 5 aliphatic rings. The van der Waals surface area contributed by atoms with E-state index < -0.39 is 11.9 Å². The molecule has 0 radical (unpaired) electrons. The van der Waals surface area contributed by atoms with Crippen molar-refractivity contribution in [2.24, 2.45) is 0 Å². The molecule has 9 rings (SSSR count). The monoisotopic (exact) mass is 848 g/mol. The van der Waals surface area contributed by atoms with Crippen LogP contribution in [0.5, 0.6) is 0 Å². The molecule has 4 amide bonds. The van der Waals surface area contributed by atoms with Crippen molar-refractivity contribution in [3.63, 3.8) is 0 Å². The van der Waals surface area contributed by atoms with Gasteiger partial charge in [-0.1, -0.05) is 29.7 Å². The molecule has 63 heavy (non-hydrogen) atoms. The van der Waals surface area contributed by atoms with Crippen LogP contribution < -0.4 is 15.1 Å². The number of pyridine rings is 2. The molecule has 0 bridgehead atoms. The van der Waals surface area contributed by atoms with E-state index in [0.29, 0.717) is 86.7 Å². The third-order valence-corrected chi connectivity index (χ3v) is 12.8. The van der Waals surface area contributed by atoms with Crippen LogP contribution >= 0.6 is 0 Å². The molecule has 3 saturated heterocycles. The minimum absolute atomic E-state index is 0.0719. The highest BCUT2D eigenvalue weighted by Crippen LogP contribution is 2.35. The number of aromatic nitrogens is 5. The van der Waals surface area contributed by atoms with Crippen molar-refractivity contribution >= 4 is 35.3 Å². The number of fused-ring (bicyclic) bond motifs is 2. The zero-order valence-electron chi connectivity index (χ0n) is 36.1. The lowest BCUT2D eigenvalue weighted by Gasteiger charge is -2.32. The lowest BCUT2D eigenvalue weighted by Crippen LogP contribution is -2.52. The number of benzene rings is 1. The number of nitrogens with one attached hydrogen (secondary N) is 1. The summed E-state index contributed by atoms with van der Waals surface area (Å²) in [4.78, 5) is 73.7. The number of carbonyl (C=O) groups is 4. The van der Waals surface area contributed by atoms with Crippen LogP contribution in [0.3, 0.4) is 0 Å². The number of amides is 4. The SMILES string of the molecule is CCn1cnnc1-c1cccc(N2Cc3c(cc(N4CCCC4C)nc3CN(C)CC#CCN3CCN(CC#Cc4ccc5c(c4)CN(C4CCC(=O)NC4=O)C5=O)CC3)C2=O)n1. The van der Waals surface area contributed by atoms with E-state index in [1.165, 1.54) is 0 Å². The summed E-state index contributed by atoms with van der Waals surface area (Å²) in [6.07, 6.45) is 4.47. The van der Waals surface area contributed by atoms with Crippen LogP contribution in [0.25, 0.3) is 11.5 Å². The number of hydrogen-bond donors (Lipinski definition) is 1. The quantitative estimate of drug-likeness (QED) is 0.184. The zero-order valence-corrected chi connectivity index (χ0v) is 36.1. The lowest BCUT2D eigenvalue weighted by atomic mass is 10.0. The molecule has 3 fully saturated rings. The van der Waals surface area contributed by atoms with Gasteiger partial charge in [-0.15, -0.1) is 10.2 Å². The van der Waals surface area contributed by atoms with Gasteiger partial charge in [-0.3, -0.25) is 44.1 Å². The van der Waals surface area contributed by atoms with E-state index >= 15 is 0 Å². The van der Waals surface area contributed by atoms with Crippen LogP contribution in [0.2, 0.25) is 0 Å². The van der Waals surface area contributed by atoms with Crippen LogP contribution in [-0.2, 0) is 35.8 Å². The smallest absolute Gasteiger partial charge is 0.260 e. The highest BCUT2D eigenvalue weighted by atomic mass is 16.2. The summed E-state index contributed by atoms with van der Waals surface area (Å²) in [5.41, 5.74) is 5.46. The summed E-state index contributed by atoms with van der Waals surface area (Å²) in [6, 6.07) is 13.0. The topological polar surface area (TPSA) is 156 Å². The Morgan fingerprint density at radius 3 is 2.41 bits per heavy atom. The average molecular weight is 849 g/mol. The predicted molar refractivity (Wildman–Crippen MR) is 236 cm³/mol. The van der Waals surface area contributed by atoms with Crippen LogP contribution in [0.4, 0.5) is 11.6 Å². The normalized spacial score (nSPS) is 20.2. The second kappa shape index (κ2) is 18.1. The second-order valence-corrected chi connectivity index (χ2v) is 17.0. The zero-order chi connectivity index (χ0) is 43.6. The fourth-order valence-corrected chi connectivity index (χ4v) is 9.15. The third kappa shape index (κ3) is 8.80. The first-order chi connectivity index (χ1) is 30.6. The molecule has 5 aliphatic heterocycles. The first-order valence-corrected chi connectivity index (χ1v) is 22.0. The molecule has 3 aromatic heterocycles. The van der Waals surface area contributed by atoms with Crippen LogP contribution in [-0.4, -0.2) is 139 Å². The summed E-state index contributed by atoms with van der Waals surface area (Å²) in [5, 5.41) is 10.7. The first-order valence-electron chi connectivity index (χ1n) is 22.0. The number of piperazine rings is 1. The number of imide groups is 1. The summed E-state index contributed by atoms with van der Waals surface area (Å²) in [7, 11) is 2.05. The molecule has 16 nitrogen and oxygen atoms in total. The Morgan fingerprint density at radius 1 is 0.841 bits per heavy atom. The number of piperidine rings is 1. The Labute approximate surface area is 367 Å². The largest absolute Gasteiger partial charge is 0.354 e.